The minimum Gasteiger partial charge on any atom is -0.497 e. The lowest BCUT2D eigenvalue weighted by atomic mass is 10.1. The van der Waals surface area contributed by atoms with Gasteiger partial charge in [0.1, 0.15) is 17.3 Å². The summed E-state index contributed by atoms with van der Waals surface area (Å²) < 4.78 is 32.0. The molecule has 3 aromatic rings. The molecule has 184 valence electrons. The van der Waals surface area contributed by atoms with Gasteiger partial charge < -0.3 is 19.3 Å². The average Bonchev–Trinajstić information content (AvgIpc) is 3.40. The van der Waals surface area contributed by atoms with Gasteiger partial charge >= 0.3 is 0 Å². The van der Waals surface area contributed by atoms with Crippen LogP contribution in [-0.4, -0.2) is 64.2 Å². The Morgan fingerprint density at radius 1 is 1.09 bits per heavy atom. The van der Waals surface area contributed by atoms with Gasteiger partial charge in [-0.1, -0.05) is 6.07 Å². The highest BCUT2D eigenvalue weighted by atomic mass is 32.3. The van der Waals surface area contributed by atoms with E-state index in [1.165, 1.54) is 4.90 Å². The molecule has 1 amide bonds. The van der Waals surface area contributed by atoms with Crippen LogP contribution in [0.15, 0.2) is 42.5 Å². The Hall–Kier alpha value is -3.34. The van der Waals surface area contributed by atoms with Crippen molar-refractivity contribution in [1.29, 1.82) is 0 Å². The third-order valence-corrected chi connectivity index (χ3v) is 7.72. The summed E-state index contributed by atoms with van der Waals surface area (Å²) in [4.78, 5) is 25.1. The number of carbonyl (C=O) groups is 1. The summed E-state index contributed by atoms with van der Waals surface area (Å²) in [6, 6.07) is 13.3. The molecule has 2 aliphatic heterocycles. The standard InChI is InChI=1S/C25H28N4O5S/c1-28(2)23(30)13-34-19-9-4-16-10-11-29(22(16)12-19)25-20-14-35(31,32)15-21(20)26-24(27-25)17-5-7-18(33-3)8-6-17/h4-9,12,31-32H,10-11,13-15H2,1-3H3. The number of nitrogens with zero attached hydrogens (tertiary/aromatic N) is 4. The largest absolute Gasteiger partial charge is 0.497 e. The Bertz CT molecular complexity index is 1280. The van der Waals surface area contributed by atoms with Crippen LogP contribution in [0.5, 0.6) is 11.5 Å². The summed E-state index contributed by atoms with van der Waals surface area (Å²) in [5, 5.41) is 0. The first-order chi connectivity index (χ1) is 16.7. The number of aromatic nitrogens is 2. The van der Waals surface area contributed by atoms with Gasteiger partial charge in [-0.15, -0.1) is 0 Å². The average molecular weight is 497 g/mol. The predicted octanol–water partition coefficient (Wildman–Crippen LogP) is 4.08. The van der Waals surface area contributed by atoms with Gasteiger partial charge in [0.25, 0.3) is 5.91 Å². The lowest BCUT2D eigenvalue weighted by Gasteiger charge is -2.26. The second kappa shape index (κ2) is 9.03. The van der Waals surface area contributed by atoms with Crippen molar-refractivity contribution in [3.05, 3.63) is 59.3 Å². The second-order valence-electron chi connectivity index (χ2n) is 8.88. The van der Waals surface area contributed by atoms with Crippen molar-refractivity contribution in [1.82, 2.24) is 14.9 Å². The van der Waals surface area contributed by atoms with Crippen molar-refractivity contribution >= 4 is 28.0 Å². The zero-order chi connectivity index (χ0) is 24.7. The summed E-state index contributed by atoms with van der Waals surface area (Å²) in [5.74, 6) is 2.67. The molecule has 0 fully saturated rings. The number of ether oxygens (including phenoxy) is 2. The molecule has 0 saturated heterocycles. The van der Waals surface area contributed by atoms with E-state index in [-0.39, 0.29) is 24.0 Å². The van der Waals surface area contributed by atoms with Crippen molar-refractivity contribution in [2.75, 3.05) is 39.3 Å². The number of benzene rings is 2. The maximum atomic E-state index is 12.0. The van der Waals surface area contributed by atoms with Crippen LogP contribution >= 0.6 is 10.6 Å². The number of rotatable bonds is 6. The van der Waals surface area contributed by atoms with Crippen LogP contribution < -0.4 is 14.4 Å². The van der Waals surface area contributed by atoms with Gasteiger partial charge in [0.15, 0.2) is 12.4 Å². The van der Waals surface area contributed by atoms with Gasteiger partial charge in [0.05, 0.1) is 24.3 Å². The monoisotopic (exact) mass is 496 g/mol. The van der Waals surface area contributed by atoms with Gasteiger partial charge in [-0.25, -0.2) is 9.97 Å². The first-order valence-electron chi connectivity index (χ1n) is 11.3. The third-order valence-electron chi connectivity index (χ3n) is 6.23. The van der Waals surface area contributed by atoms with Gasteiger partial charge in [-0.05, 0) is 42.3 Å². The highest BCUT2D eigenvalue weighted by Crippen LogP contribution is 2.55. The van der Waals surface area contributed by atoms with Gasteiger partial charge in [0, 0.05) is 43.5 Å². The van der Waals surface area contributed by atoms with Crippen LogP contribution in [0.3, 0.4) is 0 Å². The zero-order valence-electron chi connectivity index (χ0n) is 19.9. The Balaban J connectivity index is 1.53. The molecule has 0 aliphatic carbocycles. The molecule has 2 aliphatic rings. The molecule has 35 heavy (non-hydrogen) atoms. The van der Waals surface area contributed by atoms with E-state index in [0.29, 0.717) is 29.6 Å². The number of hydrogen-bond donors (Lipinski definition) is 2. The van der Waals surface area contributed by atoms with Crippen molar-refractivity contribution in [2.24, 2.45) is 0 Å². The fraction of sp³-hybridized carbons (Fsp3) is 0.320. The van der Waals surface area contributed by atoms with Crippen LogP contribution in [0.1, 0.15) is 16.8 Å². The zero-order valence-corrected chi connectivity index (χ0v) is 20.7. The molecular formula is C25H28N4O5S. The summed E-state index contributed by atoms with van der Waals surface area (Å²) in [7, 11) is 2.20. The van der Waals surface area contributed by atoms with Gasteiger partial charge in [0.2, 0.25) is 0 Å². The summed E-state index contributed by atoms with van der Waals surface area (Å²) in [6.45, 7) is 0.650. The lowest BCUT2D eigenvalue weighted by molar-refractivity contribution is -0.130. The Morgan fingerprint density at radius 2 is 1.83 bits per heavy atom. The molecule has 0 radical (unpaired) electrons. The van der Waals surface area contributed by atoms with Crippen molar-refractivity contribution < 1.29 is 23.4 Å². The number of likely N-dealkylation sites (N-methyl/N-ethyl adjacent to an activating group) is 1. The highest BCUT2D eigenvalue weighted by Gasteiger charge is 2.34. The van der Waals surface area contributed by atoms with E-state index in [9.17, 15) is 13.9 Å². The quantitative estimate of drug-likeness (QED) is 0.526. The molecule has 1 aromatic heterocycles. The number of carbonyl (C=O) groups excluding carboxylic acids is 1. The SMILES string of the molecule is COc1ccc(-c2nc3c(c(N4CCc5ccc(OCC(=O)N(C)C)cc54)n2)CS(O)(O)C3)cc1. The number of hydrogen-bond acceptors (Lipinski definition) is 8. The lowest BCUT2D eigenvalue weighted by Crippen LogP contribution is -2.27. The molecule has 2 aromatic carbocycles. The molecule has 0 unspecified atom stereocenters. The Morgan fingerprint density at radius 3 is 2.54 bits per heavy atom. The van der Waals surface area contributed by atoms with E-state index in [0.717, 1.165) is 34.5 Å². The summed E-state index contributed by atoms with van der Waals surface area (Å²) in [5.41, 5.74) is 4.32. The minimum absolute atomic E-state index is 0.0444. The predicted molar refractivity (Wildman–Crippen MR) is 136 cm³/mol. The van der Waals surface area contributed by atoms with E-state index in [1.54, 1.807) is 21.2 Å². The second-order valence-corrected chi connectivity index (χ2v) is 11.1. The maximum absolute atomic E-state index is 12.0. The number of fused-ring (bicyclic) bond motifs is 2. The topological polar surface area (TPSA) is 108 Å². The van der Waals surface area contributed by atoms with Crippen LogP contribution in [0, 0.1) is 0 Å². The molecule has 0 saturated carbocycles. The molecule has 10 heteroatoms. The van der Waals surface area contributed by atoms with E-state index in [2.05, 4.69) is 4.90 Å². The number of methoxy groups -OCH3 is 1. The van der Waals surface area contributed by atoms with Crippen molar-refractivity contribution in [2.45, 2.75) is 17.9 Å². The van der Waals surface area contributed by atoms with Gasteiger partial charge in [-0.3, -0.25) is 13.9 Å². The smallest absolute Gasteiger partial charge is 0.259 e. The van der Waals surface area contributed by atoms with E-state index >= 15 is 0 Å². The first kappa shape index (κ1) is 23.4. The van der Waals surface area contributed by atoms with E-state index < -0.39 is 10.6 Å². The van der Waals surface area contributed by atoms with E-state index in [4.69, 9.17) is 19.4 Å². The van der Waals surface area contributed by atoms with Crippen LogP contribution in [0.4, 0.5) is 11.5 Å². The molecule has 0 bridgehead atoms. The van der Waals surface area contributed by atoms with E-state index in [1.807, 2.05) is 42.5 Å². The Kier molecular flexibility index (Phi) is 6.04. The van der Waals surface area contributed by atoms with Crippen LogP contribution in [0.25, 0.3) is 11.4 Å². The summed E-state index contributed by atoms with van der Waals surface area (Å²) >= 11 is 0. The number of amides is 1. The van der Waals surface area contributed by atoms with Crippen LogP contribution in [-0.2, 0) is 22.7 Å². The van der Waals surface area contributed by atoms with Crippen LogP contribution in [0.2, 0.25) is 0 Å². The molecule has 5 rings (SSSR count). The molecule has 3 heterocycles. The molecule has 0 spiro atoms. The maximum Gasteiger partial charge on any atom is 0.259 e. The third kappa shape index (κ3) is 4.64. The minimum atomic E-state index is -2.79. The molecule has 9 nitrogen and oxygen atoms in total. The number of anilines is 2. The fourth-order valence-electron chi connectivity index (χ4n) is 4.32. The van der Waals surface area contributed by atoms with Crippen molar-refractivity contribution in [3.63, 3.8) is 0 Å². The fourth-order valence-corrected chi connectivity index (χ4v) is 5.86. The summed E-state index contributed by atoms with van der Waals surface area (Å²) in [6.07, 6.45) is 0.819. The molecule has 0 atom stereocenters. The molecule has 2 N–H and O–H groups in total. The highest BCUT2D eigenvalue weighted by molar-refractivity contribution is 8.23. The Labute approximate surface area is 205 Å². The normalized spacial score (nSPS) is 16.4. The van der Waals surface area contributed by atoms with Gasteiger partial charge in [-0.2, -0.15) is 10.6 Å². The first-order valence-corrected chi connectivity index (χ1v) is 13.1. The van der Waals surface area contributed by atoms with Crippen molar-refractivity contribution in [3.8, 4) is 22.9 Å². The molecular weight excluding hydrogens is 468 g/mol.